The number of para-hydroxylation sites is 1. The second-order valence-electron chi connectivity index (χ2n) is 5.38. The fraction of sp³-hybridized carbons (Fsp3) is 0.429. The number of carboxylic acid groups (broad SMARTS) is 1. The van der Waals surface area contributed by atoms with Crippen molar-refractivity contribution in [3.05, 3.63) is 28.5 Å². The molecule has 114 valence electrons. The third kappa shape index (κ3) is 3.34. The van der Waals surface area contributed by atoms with Crippen molar-refractivity contribution in [2.75, 3.05) is 18.4 Å². The summed E-state index contributed by atoms with van der Waals surface area (Å²) in [4.78, 5) is 24.8. The van der Waals surface area contributed by atoms with E-state index in [9.17, 15) is 14.0 Å². The molecule has 0 radical (unpaired) electrons. The highest BCUT2D eigenvalue weighted by molar-refractivity contribution is 9.10. The fourth-order valence-corrected chi connectivity index (χ4v) is 2.66. The number of nitrogens with one attached hydrogen (secondary N) is 1. The Morgan fingerprint density at radius 1 is 1.38 bits per heavy atom. The van der Waals surface area contributed by atoms with E-state index in [2.05, 4.69) is 21.2 Å². The maximum absolute atomic E-state index is 13.7. The molecule has 0 aromatic heterocycles. The predicted molar refractivity (Wildman–Crippen MR) is 79.7 cm³/mol. The van der Waals surface area contributed by atoms with Gasteiger partial charge in [-0.3, -0.25) is 4.79 Å². The van der Waals surface area contributed by atoms with Crippen molar-refractivity contribution in [2.24, 2.45) is 5.41 Å². The van der Waals surface area contributed by atoms with Gasteiger partial charge in [0.2, 0.25) is 0 Å². The van der Waals surface area contributed by atoms with E-state index in [4.69, 9.17) is 5.11 Å². The number of halogens is 2. The van der Waals surface area contributed by atoms with E-state index >= 15 is 0 Å². The molecule has 0 atom stereocenters. The number of benzene rings is 1. The first-order valence-corrected chi connectivity index (χ1v) is 7.36. The van der Waals surface area contributed by atoms with Crippen molar-refractivity contribution < 1.29 is 19.1 Å². The van der Waals surface area contributed by atoms with Crippen molar-refractivity contribution in [1.29, 1.82) is 0 Å². The molecule has 2 N–H and O–H groups in total. The van der Waals surface area contributed by atoms with Gasteiger partial charge in [-0.15, -0.1) is 0 Å². The Hall–Kier alpha value is -1.63. The van der Waals surface area contributed by atoms with E-state index in [0.717, 1.165) is 0 Å². The standard InChI is InChI=1S/C14H16BrFN2O3/c1-14(12(19)20)5-7-18(8-6-14)13(21)17-11-9(15)3-2-4-10(11)16/h2-4H,5-8H2,1H3,(H,17,21)(H,19,20). The molecule has 1 saturated heterocycles. The maximum Gasteiger partial charge on any atom is 0.321 e. The number of hydrogen-bond acceptors (Lipinski definition) is 2. The van der Waals surface area contributed by atoms with Crippen LogP contribution in [0.15, 0.2) is 22.7 Å². The third-order valence-electron chi connectivity index (χ3n) is 3.87. The minimum Gasteiger partial charge on any atom is -0.481 e. The molecule has 1 heterocycles. The number of carbonyl (C=O) groups excluding carboxylic acids is 1. The van der Waals surface area contributed by atoms with Crippen molar-refractivity contribution in [3.8, 4) is 0 Å². The molecule has 2 amide bonds. The summed E-state index contributed by atoms with van der Waals surface area (Å²) in [7, 11) is 0. The van der Waals surface area contributed by atoms with E-state index in [-0.39, 0.29) is 5.69 Å². The summed E-state index contributed by atoms with van der Waals surface area (Å²) in [5.41, 5.74) is -0.705. The zero-order chi connectivity index (χ0) is 15.6. The molecule has 21 heavy (non-hydrogen) atoms. The summed E-state index contributed by atoms with van der Waals surface area (Å²) >= 11 is 3.19. The number of aliphatic carboxylic acids is 1. The van der Waals surface area contributed by atoms with Crippen LogP contribution < -0.4 is 5.32 Å². The number of carboxylic acids is 1. The van der Waals surface area contributed by atoms with Crippen molar-refractivity contribution >= 4 is 33.6 Å². The minimum atomic E-state index is -0.848. The maximum atomic E-state index is 13.7. The molecule has 0 unspecified atom stereocenters. The van der Waals surface area contributed by atoms with E-state index < -0.39 is 23.2 Å². The molecule has 1 aromatic carbocycles. The molecule has 1 aliphatic rings. The van der Waals surface area contributed by atoms with Gasteiger partial charge in [-0.05, 0) is 47.8 Å². The van der Waals surface area contributed by atoms with Crippen LogP contribution in [-0.4, -0.2) is 35.1 Å². The van der Waals surface area contributed by atoms with Gasteiger partial charge in [0, 0.05) is 17.6 Å². The third-order valence-corrected chi connectivity index (χ3v) is 4.53. The average molecular weight is 359 g/mol. The Kier molecular flexibility index (Phi) is 4.51. The number of nitrogens with zero attached hydrogens (tertiary/aromatic N) is 1. The Labute approximate surface area is 130 Å². The van der Waals surface area contributed by atoms with Gasteiger partial charge in [0.15, 0.2) is 0 Å². The van der Waals surface area contributed by atoms with Gasteiger partial charge in [-0.2, -0.15) is 0 Å². The lowest BCUT2D eigenvalue weighted by Gasteiger charge is -2.36. The first-order chi connectivity index (χ1) is 9.83. The Balaban J connectivity index is 2.02. The van der Waals surface area contributed by atoms with Gasteiger partial charge in [0.1, 0.15) is 5.82 Å². The Morgan fingerprint density at radius 3 is 2.52 bits per heavy atom. The van der Waals surface area contributed by atoms with Gasteiger partial charge in [0.25, 0.3) is 0 Å². The molecule has 0 aliphatic carbocycles. The van der Waals surface area contributed by atoms with Crippen molar-refractivity contribution in [2.45, 2.75) is 19.8 Å². The van der Waals surface area contributed by atoms with Gasteiger partial charge < -0.3 is 15.3 Å². The molecule has 0 saturated carbocycles. The van der Waals surface area contributed by atoms with Crippen LogP contribution in [0.4, 0.5) is 14.9 Å². The number of hydrogen-bond donors (Lipinski definition) is 2. The smallest absolute Gasteiger partial charge is 0.321 e. The number of piperidine rings is 1. The summed E-state index contributed by atoms with van der Waals surface area (Å²) in [6.45, 7) is 2.35. The van der Waals surface area contributed by atoms with Crippen molar-refractivity contribution in [1.82, 2.24) is 4.90 Å². The predicted octanol–water partition coefficient (Wildman–Crippen LogP) is 3.31. The van der Waals surface area contributed by atoms with E-state index in [1.807, 2.05) is 0 Å². The van der Waals surface area contributed by atoms with Crippen molar-refractivity contribution in [3.63, 3.8) is 0 Å². The highest BCUT2D eigenvalue weighted by Gasteiger charge is 2.38. The summed E-state index contributed by atoms with van der Waals surface area (Å²) in [5.74, 6) is -1.37. The highest BCUT2D eigenvalue weighted by atomic mass is 79.9. The van der Waals surface area contributed by atoms with Crippen LogP contribution in [0.25, 0.3) is 0 Å². The average Bonchev–Trinajstić information content (AvgIpc) is 2.43. The molecule has 7 heteroatoms. The molecule has 1 fully saturated rings. The molecule has 1 aliphatic heterocycles. The summed E-state index contributed by atoms with van der Waals surface area (Å²) in [5, 5.41) is 11.7. The second-order valence-corrected chi connectivity index (χ2v) is 6.23. The summed E-state index contributed by atoms with van der Waals surface area (Å²) in [6.07, 6.45) is 0.766. The molecule has 2 rings (SSSR count). The molecular formula is C14H16BrFN2O3. The molecule has 0 spiro atoms. The van der Waals surface area contributed by atoms with Crippen LogP contribution in [0, 0.1) is 11.2 Å². The first-order valence-electron chi connectivity index (χ1n) is 6.57. The zero-order valence-electron chi connectivity index (χ0n) is 11.5. The van der Waals surface area contributed by atoms with Crippen LogP contribution >= 0.6 is 15.9 Å². The molecular weight excluding hydrogens is 343 g/mol. The minimum absolute atomic E-state index is 0.0917. The summed E-state index contributed by atoms with van der Waals surface area (Å²) in [6, 6.07) is 4.01. The SMILES string of the molecule is CC1(C(=O)O)CCN(C(=O)Nc2c(F)cccc2Br)CC1. The molecule has 0 bridgehead atoms. The van der Waals surface area contributed by atoms with Gasteiger partial charge in [-0.1, -0.05) is 6.07 Å². The first kappa shape index (κ1) is 15.8. The summed E-state index contributed by atoms with van der Waals surface area (Å²) < 4.78 is 14.1. The number of likely N-dealkylation sites (tertiary alicyclic amines) is 1. The Bertz CT molecular complexity index is 551. The number of rotatable bonds is 2. The van der Waals surface area contributed by atoms with E-state index in [1.54, 1.807) is 13.0 Å². The van der Waals surface area contributed by atoms with Gasteiger partial charge >= 0.3 is 12.0 Å². The zero-order valence-corrected chi connectivity index (χ0v) is 13.1. The van der Waals surface area contributed by atoms with Crippen LogP contribution in [0.3, 0.4) is 0 Å². The van der Waals surface area contributed by atoms with Crippen LogP contribution in [0.5, 0.6) is 0 Å². The number of carbonyl (C=O) groups is 2. The van der Waals surface area contributed by atoms with Gasteiger partial charge in [-0.25, -0.2) is 9.18 Å². The monoisotopic (exact) mass is 358 g/mol. The topological polar surface area (TPSA) is 69.6 Å². The highest BCUT2D eigenvalue weighted by Crippen LogP contribution is 2.32. The quantitative estimate of drug-likeness (QED) is 0.851. The lowest BCUT2D eigenvalue weighted by atomic mass is 9.80. The number of urea groups is 1. The van der Waals surface area contributed by atoms with Crippen LogP contribution in [-0.2, 0) is 4.79 Å². The molecule has 5 nitrogen and oxygen atoms in total. The largest absolute Gasteiger partial charge is 0.481 e. The second kappa shape index (κ2) is 6.01. The normalized spacial score (nSPS) is 17.4. The van der Waals surface area contributed by atoms with Crippen LogP contribution in [0.2, 0.25) is 0 Å². The lowest BCUT2D eigenvalue weighted by Crippen LogP contribution is -2.46. The lowest BCUT2D eigenvalue weighted by molar-refractivity contribution is -0.150. The molecule has 1 aromatic rings. The number of amides is 2. The van der Waals surface area contributed by atoms with Crippen LogP contribution in [0.1, 0.15) is 19.8 Å². The van der Waals surface area contributed by atoms with E-state index in [1.165, 1.54) is 17.0 Å². The Morgan fingerprint density at radius 2 is 2.00 bits per heavy atom. The fourth-order valence-electron chi connectivity index (χ4n) is 2.22. The van der Waals surface area contributed by atoms with E-state index in [0.29, 0.717) is 30.4 Å². The number of anilines is 1. The van der Waals surface area contributed by atoms with Gasteiger partial charge in [0.05, 0.1) is 11.1 Å².